The molecule has 0 saturated carbocycles. The van der Waals surface area contributed by atoms with Crippen LogP contribution in [0, 0.1) is 10.1 Å². The third-order valence-electron chi connectivity index (χ3n) is 4.37. The van der Waals surface area contributed by atoms with Crippen LogP contribution in [0.3, 0.4) is 0 Å². The van der Waals surface area contributed by atoms with Crippen molar-refractivity contribution in [3.63, 3.8) is 0 Å². The summed E-state index contributed by atoms with van der Waals surface area (Å²) in [6.07, 6.45) is 1.72. The molecule has 24 heavy (non-hydrogen) atoms. The van der Waals surface area contributed by atoms with E-state index < -0.39 is 6.10 Å². The zero-order valence-corrected chi connectivity index (χ0v) is 14.3. The number of rotatable bonds is 9. The molecule has 1 fully saturated rings. The molecule has 0 unspecified atom stereocenters. The molecule has 134 valence electrons. The van der Waals surface area contributed by atoms with Gasteiger partial charge in [0, 0.05) is 24.4 Å². The van der Waals surface area contributed by atoms with Gasteiger partial charge in [0.2, 0.25) is 0 Å². The molecule has 1 aromatic rings. The number of hydrogen-bond donors (Lipinski definition) is 2. The summed E-state index contributed by atoms with van der Waals surface area (Å²) in [5, 5.41) is 20.7. The maximum Gasteiger partial charge on any atom is 0.269 e. The van der Waals surface area contributed by atoms with Gasteiger partial charge < -0.3 is 19.6 Å². The molecule has 0 amide bonds. The molecular formula is C17H28N3O4+. The standard InChI is InChI=1S/C17H27N3O4/c1-2-3-12-24-14-17(21)13-18-8-10-19(11-9-18)15-4-6-16(7-5-15)20(22)23/h4-7,17,21H,2-3,8-14H2,1H3/p+1/t17-/m0/s1. The molecule has 0 aliphatic carbocycles. The second-order valence-electron chi connectivity index (χ2n) is 6.30. The van der Waals surface area contributed by atoms with Crippen LogP contribution >= 0.6 is 0 Å². The van der Waals surface area contributed by atoms with Crippen molar-refractivity contribution < 1.29 is 19.7 Å². The van der Waals surface area contributed by atoms with Gasteiger partial charge in [0.15, 0.2) is 0 Å². The van der Waals surface area contributed by atoms with Gasteiger partial charge in [-0.05, 0) is 18.6 Å². The number of anilines is 1. The van der Waals surface area contributed by atoms with E-state index in [-0.39, 0.29) is 10.6 Å². The fraction of sp³-hybridized carbons (Fsp3) is 0.647. The van der Waals surface area contributed by atoms with Crippen molar-refractivity contribution in [2.75, 3.05) is 50.8 Å². The molecule has 1 heterocycles. The summed E-state index contributed by atoms with van der Waals surface area (Å²) in [7, 11) is 0. The minimum Gasteiger partial charge on any atom is -0.385 e. The van der Waals surface area contributed by atoms with E-state index in [1.165, 1.54) is 4.90 Å². The number of unbranched alkanes of at least 4 members (excludes halogenated alkanes) is 1. The number of nitrogens with zero attached hydrogens (tertiary/aromatic N) is 2. The van der Waals surface area contributed by atoms with Crippen LogP contribution < -0.4 is 9.80 Å². The number of ether oxygens (including phenoxy) is 1. The van der Waals surface area contributed by atoms with E-state index in [1.807, 2.05) is 0 Å². The van der Waals surface area contributed by atoms with E-state index in [1.54, 1.807) is 24.3 Å². The number of piperazine rings is 1. The molecule has 1 aromatic carbocycles. The zero-order valence-electron chi connectivity index (χ0n) is 14.3. The van der Waals surface area contributed by atoms with Gasteiger partial charge in [0.25, 0.3) is 5.69 Å². The molecule has 1 aliphatic heterocycles. The lowest BCUT2D eigenvalue weighted by molar-refractivity contribution is -0.903. The van der Waals surface area contributed by atoms with E-state index in [9.17, 15) is 15.2 Å². The predicted molar refractivity (Wildman–Crippen MR) is 92.6 cm³/mol. The minimum absolute atomic E-state index is 0.120. The molecule has 7 nitrogen and oxygen atoms in total. The quantitative estimate of drug-likeness (QED) is 0.389. The predicted octanol–water partition coefficient (Wildman–Crippen LogP) is 0.477. The van der Waals surface area contributed by atoms with Crippen molar-refractivity contribution >= 4 is 11.4 Å². The van der Waals surface area contributed by atoms with Crippen molar-refractivity contribution in [3.8, 4) is 0 Å². The summed E-state index contributed by atoms with van der Waals surface area (Å²) in [6, 6.07) is 6.71. The maximum absolute atomic E-state index is 10.7. The Balaban J connectivity index is 1.71. The van der Waals surface area contributed by atoms with Crippen LogP contribution in [0.25, 0.3) is 0 Å². The summed E-state index contributed by atoms with van der Waals surface area (Å²) in [5.41, 5.74) is 1.14. The Hall–Kier alpha value is -1.70. The van der Waals surface area contributed by atoms with Crippen LogP contribution in [0.5, 0.6) is 0 Å². The summed E-state index contributed by atoms with van der Waals surface area (Å²) in [5.74, 6) is 0. The topological polar surface area (TPSA) is 80.3 Å². The highest BCUT2D eigenvalue weighted by atomic mass is 16.6. The average Bonchev–Trinajstić information content (AvgIpc) is 2.59. The third kappa shape index (κ3) is 5.74. The van der Waals surface area contributed by atoms with Gasteiger partial charge >= 0.3 is 0 Å². The summed E-state index contributed by atoms with van der Waals surface area (Å²) in [4.78, 5) is 13.9. The van der Waals surface area contributed by atoms with Crippen LogP contribution in [0.1, 0.15) is 19.8 Å². The van der Waals surface area contributed by atoms with E-state index in [2.05, 4.69) is 11.8 Å². The Bertz CT molecular complexity index is 501. The molecule has 0 spiro atoms. The van der Waals surface area contributed by atoms with Gasteiger partial charge in [-0.3, -0.25) is 10.1 Å². The Morgan fingerprint density at radius 1 is 1.33 bits per heavy atom. The van der Waals surface area contributed by atoms with Gasteiger partial charge in [0.1, 0.15) is 12.6 Å². The molecule has 0 radical (unpaired) electrons. The van der Waals surface area contributed by atoms with Crippen molar-refractivity contribution in [3.05, 3.63) is 34.4 Å². The number of aliphatic hydroxyl groups is 1. The fourth-order valence-electron chi connectivity index (χ4n) is 2.93. The number of non-ortho nitro benzene ring substituents is 1. The lowest BCUT2D eigenvalue weighted by Crippen LogP contribution is -3.16. The smallest absolute Gasteiger partial charge is 0.269 e. The number of benzene rings is 1. The molecule has 7 heteroatoms. The number of quaternary nitrogens is 1. The first-order valence-corrected chi connectivity index (χ1v) is 8.69. The molecule has 2 rings (SSSR count). The van der Waals surface area contributed by atoms with Crippen LogP contribution in [-0.2, 0) is 4.74 Å². The van der Waals surface area contributed by atoms with Gasteiger partial charge in [-0.1, -0.05) is 13.3 Å². The van der Waals surface area contributed by atoms with Gasteiger partial charge in [-0.15, -0.1) is 0 Å². The number of aliphatic hydroxyl groups excluding tert-OH is 1. The second kappa shape index (κ2) is 9.56. The number of nitro groups is 1. The lowest BCUT2D eigenvalue weighted by Gasteiger charge is -2.34. The average molecular weight is 338 g/mol. The van der Waals surface area contributed by atoms with Crippen LogP contribution in [0.4, 0.5) is 11.4 Å². The first kappa shape index (κ1) is 18.6. The van der Waals surface area contributed by atoms with Crippen LogP contribution in [-0.4, -0.2) is 62.1 Å². The summed E-state index contributed by atoms with van der Waals surface area (Å²) >= 11 is 0. The molecular weight excluding hydrogens is 310 g/mol. The highest BCUT2D eigenvalue weighted by molar-refractivity contribution is 5.50. The SMILES string of the molecule is CCCCOC[C@@H](O)C[NH+]1CCN(c2ccc([N+](=O)[O-])cc2)CC1. The Morgan fingerprint density at radius 3 is 2.58 bits per heavy atom. The lowest BCUT2D eigenvalue weighted by atomic mass is 10.2. The monoisotopic (exact) mass is 338 g/mol. The molecule has 2 N–H and O–H groups in total. The third-order valence-corrected chi connectivity index (χ3v) is 4.37. The fourth-order valence-corrected chi connectivity index (χ4v) is 2.93. The van der Waals surface area contributed by atoms with Crippen molar-refractivity contribution in [1.82, 2.24) is 0 Å². The first-order valence-electron chi connectivity index (χ1n) is 8.69. The van der Waals surface area contributed by atoms with Crippen molar-refractivity contribution in [1.29, 1.82) is 0 Å². The van der Waals surface area contributed by atoms with Gasteiger partial charge in [-0.2, -0.15) is 0 Å². The van der Waals surface area contributed by atoms with E-state index >= 15 is 0 Å². The van der Waals surface area contributed by atoms with Crippen molar-refractivity contribution in [2.24, 2.45) is 0 Å². The van der Waals surface area contributed by atoms with Crippen LogP contribution in [0.2, 0.25) is 0 Å². The Morgan fingerprint density at radius 2 is 2.00 bits per heavy atom. The Kier molecular flexibility index (Phi) is 7.42. The largest absolute Gasteiger partial charge is 0.385 e. The molecule has 0 bridgehead atoms. The van der Waals surface area contributed by atoms with Gasteiger partial charge in [0.05, 0.1) is 37.7 Å². The van der Waals surface area contributed by atoms with Crippen LogP contribution in [0.15, 0.2) is 24.3 Å². The minimum atomic E-state index is -0.414. The highest BCUT2D eigenvalue weighted by Gasteiger charge is 2.23. The van der Waals surface area contributed by atoms with Gasteiger partial charge in [-0.25, -0.2) is 0 Å². The summed E-state index contributed by atoms with van der Waals surface area (Å²) in [6.45, 7) is 7.63. The maximum atomic E-state index is 10.7. The first-order chi connectivity index (χ1) is 11.6. The van der Waals surface area contributed by atoms with E-state index in [0.717, 1.165) is 51.3 Å². The number of nitrogens with one attached hydrogen (secondary N) is 1. The van der Waals surface area contributed by atoms with Crippen molar-refractivity contribution in [2.45, 2.75) is 25.9 Å². The normalized spacial score (nSPS) is 17.0. The Labute approximate surface area is 143 Å². The van der Waals surface area contributed by atoms with E-state index in [4.69, 9.17) is 4.74 Å². The number of nitro benzene ring substituents is 1. The molecule has 1 saturated heterocycles. The summed E-state index contributed by atoms with van der Waals surface area (Å²) < 4.78 is 5.47. The molecule has 0 aromatic heterocycles. The second-order valence-corrected chi connectivity index (χ2v) is 6.30. The molecule has 1 atom stereocenters. The molecule has 1 aliphatic rings. The highest BCUT2D eigenvalue weighted by Crippen LogP contribution is 2.19. The number of hydrogen-bond acceptors (Lipinski definition) is 5. The van der Waals surface area contributed by atoms with E-state index in [0.29, 0.717) is 13.2 Å². The zero-order chi connectivity index (χ0) is 17.4.